The van der Waals surface area contributed by atoms with E-state index in [0.717, 1.165) is 25.0 Å². The average molecular weight is 444 g/mol. The van der Waals surface area contributed by atoms with Crippen molar-refractivity contribution in [2.45, 2.75) is 26.3 Å². The van der Waals surface area contributed by atoms with Gasteiger partial charge in [-0.05, 0) is 30.7 Å². The van der Waals surface area contributed by atoms with Gasteiger partial charge in [0.15, 0.2) is 11.2 Å². The fourth-order valence-electron chi connectivity index (χ4n) is 3.21. The van der Waals surface area contributed by atoms with Crippen LogP contribution in [0.15, 0.2) is 66.3 Å². The third-order valence-corrected chi connectivity index (χ3v) is 4.95. The molecule has 168 valence electrons. The zero-order valence-electron chi connectivity index (χ0n) is 18.4. The van der Waals surface area contributed by atoms with E-state index in [-0.39, 0.29) is 5.91 Å². The number of nitrogens with zero attached hydrogens (tertiary/aromatic N) is 5. The molecule has 33 heavy (non-hydrogen) atoms. The van der Waals surface area contributed by atoms with Gasteiger partial charge in [0.05, 0.1) is 19.7 Å². The Morgan fingerprint density at radius 3 is 2.79 bits per heavy atom. The minimum atomic E-state index is -0.295. The first-order valence-electron chi connectivity index (χ1n) is 10.6. The lowest BCUT2D eigenvalue weighted by atomic mass is 10.2. The number of imidazole rings is 1. The molecule has 1 amide bonds. The maximum absolute atomic E-state index is 12.1. The fourth-order valence-corrected chi connectivity index (χ4v) is 3.21. The molecule has 0 saturated carbocycles. The Morgan fingerprint density at radius 2 is 2.00 bits per heavy atom. The first kappa shape index (κ1) is 21.9. The van der Waals surface area contributed by atoms with Crippen LogP contribution in [0.1, 0.15) is 35.7 Å². The van der Waals surface area contributed by atoms with Gasteiger partial charge in [0.25, 0.3) is 11.8 Å². The molecule has 0 aliphatic carbocycles. The molecule has 0 radical (unpaired) electrons. The van der Waals surface area contributed by atoms with Gasteiger partial charge in [-0.1, -0.05) is 31.5 Å². The first-order valence-corrected chi connectivity index (χ1v) is 10.6. The van der Waals surface area contributed by atoms with Crippen LogP contribution >= 0.6 is 0 Å². The van der Waals surface area contributed by atoms with Crippen molar-refractivity contribution in [3.8, 4) is 17.4 Å². The molecule has 0 spiro atoms. The lowest BCUT2D eigenvalue weighted by Crippen LogP contribution is -2.17. The van der Waals surface area contributed by atoms with Crippen molar-refractivity contribution in [3.63, 3.8) is 0 Å². The molecule has 0 bridgehead atoms. The highest BCUT2D eigenvalue weighted by atomic mass is 16.5. The van der Waals surface area contributed by atoms with E-state index in [1.54, 1.807) is 55.9 Å². The maximum atomic E-state index is 12.1. The van der Waals surface area contributed by atoms with Crippen molar-refractivity contribution in [1.82, 2.24) is 24.9 Å². The summed E-state index contributed by atoms with van der Waals surface area (Å²) in [5.41, 5.74) is 5.04. The zero-order valence-corrected chi connectivity index (χ0v) is 18.4. The number of ether oxygens (including phenoxy) is 2. The smallest absolute Gasteiger partial charge is 0.271 e. The van der Waals surface area contributed by atoms with Gasteiger partial charge in [0, 0.05) is 23.7 Å². The Labute approximate surface area is 191 Å². The van der Waals surface area contributed by atoms with Gasteiger partial charge < -0.3 is 14.0 Å². The van der Waals surface area contributed by atoms with Gasteiger partial charge >= 0.3 is 0 Å². The van der Waals surface area contributed by atoms with Crippen molar-refractivity contribution in [2.24, 2.45) is 5.10 Å². The SMILES string of the molecule is CCCCn1cnc2c(Oc3ccc(/C=N/NC(=O)c4ccccc4)c(OC)c3)ncnc21. The van der Waals surface area contributed by atoms with Crippen molar-refractivity contribution < 1.29 is 14.3 Å². The second-order valence-electron chi connectivity index (χ2n) is 7.21. The van der Waals surface area contributed by atoms with E-state index >= 15 is 0 Å². The Balaban J connectivity index is 1.49. The molecular formula is C24H24N6O3. The number of unbranched alkanes of at least 4 members (excludes halogenated alkanes) is 1. The van der Waals surface area contributed by atoms with Crippen molar-refractivity contribution >= 4 is 23.3 Å². The topological polar surface area (TPSA) is 104 Å². The molecule has 0 aliphatic heterocycles. The Morgan fingerprint density at radius 1 is 1.15 bits per heavy atom. The molecule has 2 aromatic carbocycles. The van der Waals surface area contributed by atoms with Crippen LogP contribution in [0.3, 0.4) is 0 Å². The summed E-state index contributed by atoms with van der Waals surface area (Å²) in [6.45, 7) is 2.98. The quantitative estimate of drug-likeness (QED) is 0.307. The van der Waals surface area contributed by atoms with Crippen LogP contribution in [0.2, 0.25) is 0 Å². The monoisotopic (exact) mass is 444 g/mol. The van der Waals surface area contributed by atoms with Crippen molar-refractivity contribution in [1.29, 1.82) is 0 Å². The third-order valence-electron chi connectivity index (χ3n) is 4.95. The van der Waals surface area contributed by atoms with Crippen LogP contribution in [0.25, 0.3) is 11.2 Å². The summed E-state index contributed by atoms with van der Waals surface area (Å²) in [6, 6.07) is 14.1. The predicted octanol–water partition coefficient (Wildman–Crippen LogP) is 4.19. The fraction of sp³-hybridized carbons (Fsp3) is 0.208. The van der Waals surface area contributed by atoms with Gasteiger partial charge in [-0.2, -0.15) is 10.1 Å². The van der Waals surface area contributed by atoms with E-state index in [1.807, 2.05) is 10.6 Å². The van der Waals surface area contributed by atoms with Gasteiger partial charge in [-0.3, -0.25) is 4.79 Å². The minimum Gasteiger partial charge on any atom is -0.496 e. The van der Waals surface area contributed by atoms with Crippen LogP contribution in [0.5, 0.6) is 17.4 Å². The Kier molecular flexibility index (Phi) is 6.89. The van der Waals surface area contributed by atoms with Gasteiger partial charge in [0.2, 0.25) is 0 Å². The van der Waals surface area contributed by atoms with Crippen LogP contribution in [0.4, 0.5) is 0 Å². The van der Waals surface area contributed by atoms with E-state index in [2.05, 4.69) is 32.4 Å². The number of hydrazone groups is 1. The second kappa shape index (κ2) is 10.4. The van der Waals surface area contributed by atoms with Gasteiger partial charge in [-0.25, -0.2) is 15.4 Å². The number of methoxy groups -OCH3 is 1. The summed E-state index contributed by atoms with van der Waals surface area (Å²) in [4.78, 5) is 25.1. The largest absolute Gasteiger partial charge is 0.496 e. The third kappa shape index (κ3) is 5.15. The van der Waals surface area contributed by atoms with E-state index in [0.29, 0.717) is 34.0 Å². The second-order valence-corrected chi connectivity index (χ2v) is 7.21. The Hall–Kier alpha value is -4.27. The highest BCUT2D eigenvalue weighted by molar-refractivity contribution is 5.95. The molecule has 4 aromatic rings. The summed E-state index contributed by atoms with van der Waals surface area (Å²) < 4.78 is 13.4. The lowest BCUT2D eigenvalue weighted by molar-refractivity contribution is 0.0955. The van der Waals surface area contributed by atoms with E-state index in [1.165, 1.54) is 12.5 Å². The molecule has 9 heteroatoms. The summed E-state index contributed by atoms with van der Waals surface area (Å²) in [6.07, 6.45) is 6.86. The normalized spacial score (nSPS) is 11.1. The van der Waals surface area contributed by atoms with E-state index in [9.17, 15) is 4.79 Å². The number of fused-ring (bicyclic) bond motifs is 1. The molecule has 9 nitrogen and oxygen atoms in total. The molecule has 0 saturated heterocycles. The number of amides is 1. The highest BCUT2D eigenvalue weighted by Gasteiger charge is 2.13. The molecule has 0 unspecified atom stereocenters. The minimum absolute atomic E-state index is 0.295. The maximum Gasteiger partial charge on any atom is 0.271 e. The van der Waals surface area contributed by atoms with Crippen LogP contribution in [-0.2, 0) is 6.54 Å². The number of benzene rings is 2. The number of hydrogen-bond donors (Lipinski definition) is 1. The molecule has 0 atom stereocenters. The lowest BCUT2D eigenvalue weighted by Gasteiger charge is -2.09. The van der Waals surface area contributed by atoms with Crippen LogP contribution in [-0.4, -0.2) is 38.8 Å². The molecule has 4 rings (SSSR count). The standard InChI is InChI=1S/C24H24N6O3/c1-3-4-12-30-16-27-21-22(30)25-15-26-24(21)33-19-11-10-18(20(13-19)32-2)14-28-29-23(31)17-8-6-5-7-9-17/h5-11,13-16H,3-4,12H2,1-2H3,(H,29,31)/b28-14+. The van der Waals surface area contributed by atoms with Gasteiger partial charge in [-0.15, -0.1) is 0 Å². The van der Waals surface area contributed by atoms with Crippen molar-refractivity contribution in [2.75, 3.05) is 7.11 Å². The molecule has 2 heterocycles. The summed E-state index contributed by atoms with van der Waals surface area (Å²) in [5, 5.41) is 4.03. The van der Waals surface area contributed by atoms with E-state index in [4.69, 9.17) is 9.47 Å². The van der Waals surface area contributed by atoms with Crippen LogP contribution in [0, 0.1) is 0 Å². The number of rotatable bonds is 9. The average Bonchev–Trinajstić information content (AvgIpc) is 3.28. The number of aryl methyl sites for hydroxylation is 1. The number of carbonyl (C=O) groups excluding carboxylic acids is 1. The first-order chi connectivity index (χ1) is 16.2. The Bertz CT molecular complexity index is 1270. The highest BCUT2D eigenvalue weighted by Crippen LogP contribution is 2.29. The van der Waals surface area contributed by atoms with Gasteiger partial charge in [0.1, 0.15) is 17.8 Å². The summed E-state index contributed by atoms with van der Waals surface area (Å²) >= 11 is 0. The molecular weight excluding hydrogens is 420 g/mol. The van der Waals surface area contributed by atoms with Crippen molar-refractivity contribution in [3.05, 3.63) is 72.3 Å². The predicted molar refractivity (Wildman–Crippen MR) is 125 cm³/mol. The number of carbonyl (C=O) groups is 1. The number of nitrogens with one attached hydrogen (secondary N) is 1. The molecule has 1 N–H and O–H groups in total. The van der Waals surface area contributed by atoms with Crippen LogP contribution < -0.4 is 14.9 Å². The summed E-state index contributed by atoms with van der Waals surface area (Å²) in [5.74, 6) is 1.13. The molecule has 2 aromatic heterocycles. The summed E-state index contributed by atoms with van der Waals surface area (Å²) in [7, 11) is 1.55. The zero-order chi connectivity index (χ0) is 23.0. The number of aromatic nitrogens is 4. The molecule has 0 fully saturated rings. The number of hydrogen-bond acceptors (Lipinski definition) is 7. The van der Waals surface area contributed by atoms with E-state index < -0.39 is 0 Å². The molecule has 0 aliphatic rings.